The van der Waals surface area contributed by atoms with Crippen molar-refractivity contribution in [1.29, 1.82) is 0 Å². The molecule has 0 atom stereocenters. The van der Waals surface area contributed by atoms with E-state index in [1.165, 1.54) is 0 Å². The highest BCUT2D eigenvalue weighted by atomic mass is 32.1. The Kier molecular flexibility index (Phi) is 5.26. The van der Waals surface area contributed by atoms with Crippen LogP contribution in [0.2, 0.25) is 0 Å². The van der Waals surface area contributed by atoms with Gasteiger partial charge in [0.2, 0.25) is 0 Å². The van der Waals surface area contributed by atoms with Gasteiger partial charge in [-0.2, -0.15) is 4.37 Å². The van der Waals surface area contributed by atoms with Crippen molar-refractivity contribution in [3.8, 4) is 11.8 Å². The molecule has 0 aliphatic heterocycles. The Morgan fingerprint density at radius 1 is 1.26 bits per heavy atom. The minimum Gasteiger partial charge on any atom is -0.480 e. The summed E-state index contributed by atoms with van der Waals surface area (Å²) in [5.41, 5.74) is 7.14. The first kappa shape index (κ1) is 21.6. The van der Waals surface area contributed by atoms with Crippen molar-refractivity contribution < 1.29 is 28.3 Å². The van der Waals surface area contributed by atoms with Gasteiger partial charge >= 0.3 is 12.1 Å². The van der Waals surface area contributed by atoms with Gasteiger partial charge in [-0.25, -0.2) is 4.79 Å². The molecule has 3 heterocycles. The highest BCUT2D eigenvalue weighted by Gasteiger charge is 2.54. The second kappa shape index (κ2) is 8.28. The zero-order valence-corrected chi connectivity index (χ0v) is 18.8. The number of nitrogens with zero attached hydrogens (tertiary/aromatic N) is 1. The number of amides is 1. The van der Waals surface area contributed by atoms with Crippen molar-refractivity contribution in [2.24, 2.45) is 0 Å². The molecule has 1 fully saturated rings. The summed E-state index contributed by atoms with van der Waals surface area (Å²) in [5.74, 6) is 5.90. The van der Waals surface area contributed by atoms with E-state index < -0.39 is 17.5 Å². The summed E-state index contributed by atoms with van der Waals surface area (Å²) in [7, 11) is 0. The molecule has 0 saturated heterocycles. The quantitative estimate of drug-likeness (QED) is 0.353. The molecule has 1 aromatic carbocycles. The summed E-state index contributed by atoms with van der Waals surface area (Å²) in [6.07, 6.45) is 0.413. The van der Waals surface area contributed by atoms with Crippen LogP contribution in [0.3, 0.4) is 0 Å². The lowest BCUT2D eigenvalue weighted by molar-refractivity contribution is -0.140. The topological polar surface area (TPSA) is 141 Å². The van der Waals surface area contributed by atoms with Crippen molar-refractivity contribution >= 4 is 46.3 Å². The number of fused-ring (bicyclic) bond motifs is 1. The van der Waals surface area contributed by atoms with Gasteiger partial charge in [0.05, 0.1) is 5.39 Å². The number of hydrogen-bond acceptors (Lipinski definition) is 8. The molecule has 3 aromatic heterocycles. The summed E-state index contributed by atoms with van der Waals surface area (Å²) in [5, 5.41) is 12.6. The molecule has 0 radical (unpaired) electrons. The van der Waals surface area contributed by atoms with Crippen LogP contribution in [0.5, 0.6) is 0 Å². The van der Waals surface area contributed by atoms with E-state index in [1.54, 1.807) is 12.1 Å². The molecule has 1 amide bonds. The summed E-state index contributed by atoms with van der Waals surface area (Å²) in [6.45, 7) is 2.06. The van der Waals surface area contributed by atoms with Gasteiger partial charge in [-0.1, -0.05) is 24.3 Å². The van der Waals surface area contributed by atoms with E-state index in [0.29, 0.717) is 34.6 Å². The third-order valence-electron chi connectivity index (χ3n) is 5.71. The lowest BCUT2D eigenvalue weighted by Crippen LogP contribution is -2.18. The fourth-order valence-corrected chi connectivity index (χ4v) is 4.13. The number of carboxylic acid groups (broad SMARTS) is 1. The summed E-state index contributed by atoms with van der Waals surface area (Å²) in [6, 6.07) is 11.0. The first-order valence-electron chi connectivity index (χ1n) is 10.4. The van der Waals surface area contributed by atoms with Crippen LogP contribution in [0.4, 0.5) is 16.3 Å². The largest absolute Gasteiger partial charge is 0.480 e. The molecule has 172 valence electrons. The molecule has 1 aliphatic rings. The summed E-state index contributed by atoms with van der Waals surface area (Å²) < 4.78 is 20.6. The highest BCUT2D eigenvalue weighted by molar-refractivity contribution is 7.07. The zero-order chi connectivity index (χ0) is 23.9. The Bertz CT molecular complexity index is 1450. The Morgan fingerprint density at radius 2 is 2.06 bits per heavy atom. The number of rotatable bonds is 5. The molecule has 1 aliphatic carbocycles. The van der Waals surface area contributed by atoms with Crippen LogP contribution in [-0.4, -0.2) is 21.5 Å². The number of anilines is 2. The second-order valence-electron chi connectivity index (χ2n) is 8.00. The fraction of sp³-hybridized carbons (Fsp3) is 0.208. The van der Waals surface area contributed by atoms with Crippen LogP contribution < -0.4 is 11.1 Å². The standard InChI is InChI=1S/C24H19N3O6S/c1-13-4-2-3-5-14(13)12-31-23(30)26-19-17(34-27-20(19)25)7-6-16-10-15-11-18(33-21(15)32-16)24(8-9-24)22(28)29/h2-5,10-11H,8-9,12H2,1H3,(H2,25,27)(H,26,30)(H,28,29). The molecule has 9 nitrogen and oxygen atoms in total. The molecule has 10 heteroatoms. The number of nitrogens with one attached hydrogen (secondary N) is 1. The number of nitrogen functional groups attached to an aromatic ring is 1. The molecule has 34 heavy (non-hydrogen) atoms. The van der Waals surface area contributed by atoms with Gasteiger partial charge in [-0.05, 0) is 60.3 Å². The third kappa shape index (κ3) is 3.97. The number of aryl methyl sites for hydroxylation is 1. The van der Waals surface area contributed by atoms with Crippen LogP contribution in [-0.2, 0) is 21.6 Å². The van der Waals surface area contributed by atoms with Crippen LogP contribution in [0, 0.1) is 18.8 Å². The average molecular weight is 477 g/mol. The average Bonchev–Trinajstić information content (AvgIpc) is 3.25. The van der Waals surface area contributed by atoms with E-state index in [4.69, 9.17) is 19.3 Å². The van der Waals surface area contributed by atoms with Gasteiger partial charge in [0, 0.05) is 6.07 Å². The third-order valence-corrected chi connectivity index (χ3v) is 6.49. The number of hydrogen-bond donors (Lipinski definition) is 3. The Hall–Kier alpha value is -4.23. The number of benzene rings is 1. The van der Waals surface area contributed by atoms with Crippen LogP contribution >= 0.6 is 11.5 Å². The highest BCUT2D eigenvalue weighted by Crippen LogP contribution is 2.50. The maximum Gasteiger partial charge on any atom is 0.412 e. The first-order valence-corrected chi connectivity index (χ1v) is 11.2. The normalized spacial score (nSPS) is 13.8. The molecule has 0 spiro atoms. The number of ether oxygens (including phenoxy) is 1. The summed E-state index contributed by atoms with van der Waals surface area (Å²) in [4.78, 5) is 24.2. The number of carbonyl (C=O) groups excluding carboxylic acids is 1. The van der Waals surface area contributed by atoms with Crippen molar-refractivity contribution in [1.82, 2.24) is 4.37 Å². The predicted octanol–water partition coefficient (Wildman–Crippen LogP) is 4.64. The SMILES string of the molecule is Cc1ccccc1COC(=O)Nc1c(N)nsc1C#Cc1cc2cc(C3(C(=O)O)CC3)oc2o1. The lowest BCUT2D eigenvalue weighted by Gasteiger charge is -2.08. The molecule has 1 saturated carbocycles. The molecule has 4 aromatic rings. The van der Waals surface area contributed by atoms with E-state index in [9.17, 15) is 14.7 Å². The van der Waals surface area contributed by atoms with Gasteiger partial charge in [0.15, 0.2) is 11.6 Å². The monoisotopic (exact) mass is 477 g/mol. The molecule has 0 unspecified atom stereocenters. The first-order chi connectivity index (χ1) is 16.4. The number of aromatic nitrogens is 1. The Morgan fingerprint density at radius 3 is 2.76 bits per heavy atom. The maximum atomic E-state index is 12.3. The number of carboxylic acids is 1. The molecule has 5 rings (SSSR count). The minimum atomic E-state index is -0.943. The van der Waals surface area contributed by atoms with Crippen LogP contribution in [0.1, 0.15) is 40.4 Å². The van der Waals surface area contributed by atoms with Crippen LogP contribution in [0.25, 0.3) is 11.2 Å². The van der Waals surface area contributed by atoms with Gasteiger partial charge in [0.25, 0.3) is 5.78 Å². The molecule has 4 N–H and O–H groups in total. The van der Waals surface area contributed by atoms with E-state index in [-0.39, 0.29) is 23.9 Å². The Balaban J connectivity index is 1.29. The number of nitrogens with two attached hydrogens (primary N) is 1. The number of carbonyl (C=O) groups is 2. The van der Waals surface area contributed by atoms with E-state index in [2.05, 4.69) is 21.5 Å². The summed E-state index contributed by atoms with van der Waals surface area (Å²) >= 11 is 1.03. The number of furan rings is 2. The minimum absolute atomic E-state index is 0.119. The van der Waals surface area contributed by atoms with Crippen molar-refractivity contribution in [3.63, 3.8) is 0 Å². The van der Waals surface area contributed by atoms with Crippen LogP contribution in [0.15, 0.2) is 45.2 Å². The number of aliphatic carboxylic acids is 1. The van der Waals surface area contributed by atoms with Gasteiger partial charge in [-0.3, -0.25) is 10.1 Å². The van der Waals surface area contributed by atoms with Crippen molar-refractivity contribution in [3.05, 3.63) is 63.9 Å². The molecule has 0 bridgehead atoms. The predicted molar refractivity (Wildman–Crippen MR) is 125 cm³/mol. The zero-order valence-electron chi connectivity index (χ0n) is 18.0. The lowest BCUT2D eigenvalue weighted by atomic mass is 10.0. The van der Waals surface area contributed by atoms with Gasteiger partial charge in [0.1, 0.15) is 28.3 Å². The van der Waals surface area contributed by atoms with Crippen molar-refractivity contribution in [2.75, 3.05) is 11.1 Å². The van der Waals surface area contributed by atoms with Crippen molar-refractivity contribution in [2.45, 2.75) is 31.8 Å². The Labute approximate surface area is 197 Å². The second-order valence-corrected chi connectivity index (χ2v) is 8.77. The van der Waals surface area contributed by atoms with Gasteiger partial charge in [-0.15, -0.1) is 0 Å². The molecular weight excluding hydrogens is 458 g/mol. The fourth-order valence-electron chi connectivity index (χ4n) is 3.51. The maximum absolute atomic E-state index is 12.3. The molecular formula is C24H19N3O6S. The van der Waals surface area contributed by atoms with E-state index in [1.807, 2.05) is 31.2 Å². The van der Waals surface area contributed by atoms with Gasteiger partial charge < -0.3 is 24.4 Å². The van der Waals surface area contributed by atoms with E-state index >= 15 is 0 Å². The smallest absolute Gasteiger partial charge is 0.412 e. The van der Waals surface area contributed by atoms with E-state index in [0.717, 1.165) is 22.7 Å².